The van der Waals surface area contributed by atoms with Crippen molar-refractivity contribution in [3.8, 4) is 0 Å². The summed E-state index contributed by atoms with van der Waals surface area (Å²) in [7, 11) is 0. The lowest BCUT2D eigenvalue weighted by atomic mass is 9.98. The first-order valence-electron chi connectivity index (χ1n) is 8.40. The van der Waals surface area contributed by atoms with Gasteiger partial charge < -0.3 is 19.9 Å². The SMILES string of the molecule is CC(=O)O[C@H](OC(=O)NC[C@H](Cc1cccc(C(F)(F)F)c1)C(=O)O)C(C)C. The Labute approximate surface area is 159 Å². The number of hydrogen-bond acceptors (Lipinski definition) is 5. The first-order chi connectivity index (χ1) is 12.9. The van der Waals surface area contributed by atoms with Crippen molar-refractivity contribution in [2.24, 2.45) is 11.8 Å². The average Bonchev–Trinajstić information content (AvgIpc) is 2.56. The number of carbonyl (C=O) groups is 3. The second-order valence-corrected chi connectivity index (χ2v) is 6.45. The molecule has 0 aliphatic carbocycles. The van der Waals surface area contributed by atoms with Crippen LogP contribution in [0.2, 0.25) is 0 Å². The van der Waals surface area contributed by atoms with Crippen LogP contribution >= 0.6 is 0 Å². The van der Waals surface area contributed by atoms with E-state index in [4.69, 9.17) is 9.47 Å². The van der Waals surface area contributed by atoms with E-state index in [0.29, 0.717) is 0 Å². The number of amides is 1. The molecule has 0 radical (unpaired) electrons. The molecule has 0 aromatic heterocycles. The Morgan fingerprint density at radius 3 is 2.32 bits per heavy atom. The molecule has 2 atom stereocenters. The van der Waals surface area contributed by atoms with Crippen LogP contribution in [0, 0.1) is 11.8 Å². The minimum Gasteiger partial charge on any atom is -0.481 e. The third-order valence-electron chi connectivity index (χ3n) is 3.63. The van der Waals surface area contributed by atoms with Gasteiger partial charge in [-0.1, -0.05) is 32.0 Å². The minimum atomic E-state index is -4.54. The van der Waals surface area contributed by atoms with Gasteiger partial charge in [0.25, 0.3) is 6.29 Å². The number of alkyl halides is 3. The molecule has 0 spiro atoms. The molecule has 10 heteroatoms. The van der Waals surface area contributed by atoms with E-state index >= 15 is 0 Å². The molecule has 0 bridgehead atoms. The summed E-state index contributed by atoms with van der Waals surface area (Å²) in [5.74, 6) is -3.46. The Kier molecular flexibility index (Phi) is 8.27. The molecule has 0 unspecified atom stereocenters. The molecular weight excluding hydrogens is 383 g/mol. The third kappa shape index (κ3) is 7.85. The normalized spacial score (nSPS) is 13.5. The van der Waals surface area contributed by atoms with E-state index < -0.39 is 42.0 Å². The molecule has 156 valence electrons. The van der Waals surface area contributed by atoms with Gasteiger partial charge in [-0.05, 0) is 18.1 Å². The maximum absolute atomic E-state index is 12.8. The van der Waals surface area contributed by atoms with Gasteiger partial charge in [0, 0.05) is 19.4 Å². The van der Waals surface area contributed by atoms with Crippen molar-refractivity contribution in [2.45, 2.75) is 39.7 Å². The number of benzene rings is 1. The van der Waals surface area contributed by atoms with Crippen molar-refractivity contribution in [1.82, 2.24) is 5.32 Å². The van der Waals surface area contributed by atoms with Gasteiger partial charge in [0.05, 0.1) is 11.5 Å². The summed E-state index contributed by atoms with van der Waals surface area (Å²) >= 11 is 0. The number of rotatable bonds is 8. The number of esters is 1. The van der Waals surface area contributed by atoms with Gasteiger partial charge in [0.2, 0.25) is 0 Å². The molecule has 2 N–H and O–H groups in total. The average molecular weight is 405 g/mol. The second kappa shape index (κ2) is 9.95. The summed E-state index contributed by atoms with van der Waals surface area (Å²) < 4.78 is 48.1. The quantitative estimate of drug-likeness (QED) is 0.509. The van der Waals surface area contributed by atoms with Crippen LogP contribution in [-0.4, -0.2) is 36.0 Å². The molecule has 1 amide bonds. The highest BCUT2D eigenvalue weighted by Gasteiger charge is 2.31. The fraction of sp³-hybridized carbons (Fsp3) is 0.500. The number of alkyl carbamates (subject to hydrolysis) is 1. The fourth-order valence-electron chi connectivity index (χ4n) is 2.22. The molecule has 7 nitrogen and oxygen atoms in total. The Bertz CT molecular complexity index is 705. The van der Waals surface area contributed by atoms with Gasteiger partial charge in [0.1, 0.15) is 0 Å². The zero-order valence-electron chi connectivity index (χ0n) is 15.6. The molecule has 1 aromatic rings. The van der Waals surface area contributed by atoms with E-state index in [2.05, 4.69) is 5.32 Å². The Morgan fingerprint density at radius 1 is 1.18 bits per heavy atom. The van der Waals surface area contributed by atoms with Crippen molar-refractivity contribution in [3.05, 3.63) is 35.4 Å². The molecule has 0 saturated carbocycles. The minimum absolute atomic E-state index is 0.164. The highest BCUT2D eigenvalue weighted by Crippen LogP contribution is 2.30. The van der Waals surface area contributed by atoms with Gasteiger partial charge in [0.15, 0.2) is 0 Å². The van der Waals surface area contributed by atoms with Gasteiger partial charge in [-0.25, -0.2) is 4.79 Å². The van der Waals surface area contributed by atoms with Crippen LogP contribution in [0.3, 0.4) is 0 Å². The van der Waals surface area contributed by atoms with Gasteiger partial charge in [-0.2, -0.15) is 13.2 Å². The van der Waals surface area contributed by atoms with E-state index in [1.165, 1.54) is 12.1 Å². The lowest BCUT2D eigenvalue weighted by molar-refractivity contribution is -0.172. The van der Waals surface area contributed by atoms with E-state index in [9.17, 15) is 32.7 Å². The highest BCUT2D eigenvalue weighted by atomic mass is 19.4. The predicted molar refractivity (Wildman–Crippen MR) is 91.1 cm³/mol. The number of ether oxygens (including phenoxy) is 2. The summed E-state index contributed by atoms with van der Waals surface area (Å²) in [5.41, 5.74) is -0.722. The number of aliphatic carboxylic acids is 1. The number of halogens is 3. The topological polar surface area (TPSA) is 102 Å². The molecule has 28 heavy (non-hydrogen) atoms. The Morgan fingerprint density at radius 2 is 1.82 bits per heavy atom. The number of hydrogen-bond donors (Lipinski definition) is 2. The molecule has 0 aliphatic heterocycles. The summed E-state index contributed by atoms with van der Waals surface area (Å²) in [5, 5.41) is 11.5. The Hall–Kier alpha value is -2.78. The van der Waals surface area contributed by atoms with Gasteiger partial charge >= 0.3 is 24.2 Å². The largest absolute Gasteiger partial charge is 0.481 e. The van der Waals surface area contributed by atoms with Crippen LogP contribution < -0.4 is 5.32 Å². The maximum atomic E-state index is 12.8. The van der Waals surface area contributed by atoms with Crippen LogP contribution in [0.5, 0.6) is 0 Å². The predicted octanol–water partition coefficient (Wildman–Crippen LogP) is 3.22. The van der Waals surface area contributed by atoms with E-state index in [1.807, 2.05) is 0 Å². The van der Waals surface area contributed by atoms with Crippen molar-refractivity contribution in [1.29, 1.82) is 0 Å². The number of carboxylic acid groups (broad SMARTS) is 1. The first-order valence-corrected chi connectivity index (χ1v) is 8.40. The molecule has 1 rings (SSSR count). The second-order valence-electron chi connectivity index (χ2n) is 6.45. The fourth-order valence-corrected chi connectivity index (χ4v) is 2.22. The van der Waals surface area contributed by atoms with Crippen LogP contribution in [0.15, 0.2) is 24.3 Å². The summed E-state index contributed by atoms with van der Waals surface area (Å²) in [6.07, 6.45) is -6.92. The van der Waals surface area contributed by atoms with Crippen LogP contribution in [-0.2, 0) is 31.7 Å². The standard InChI is InChI=1S/C18H22F3NO6/c1-10(2)16(27-11(3)23)28-17(26)22-9-13(15(24)25)7-12-5-4-6-14(8-12)18(19,20)21/h4-6,8,10,13,16H,7,9H2,1-3H3,(H,22,26)(H,24,25)/t13-,16+/m0/s1. The Balaban J connectivity index is 2.72. The van der Waals surface area contributed by atoms with Crippen LogP contribution in [0.25, 0.3) is 0 Å². The molecule has 0 saturated heterocycles. The first kappa shape index (κ1) is 23.3. The molecular formula is C18H22F3NO6. The summed E-state index contributed by atoms with van der Waals surface area (Å²) in [6.45, 7) is 4.06. The number of nitrogens with one attached hydrogen (secondary N) is 1. The molecule has 1 aromatic carbocycles. The number of carbonyl (C=O) groups excluding carboxylic acids is 2. The lowest BCUT2D eigenvalue weighted by Gasteiger charge is -2.21. The summed E-state index contributed by atoms with van der Waals surface area (Å²) in [6, 6.07) is 4.31. The van der Waals surface area contributed by atoms with Crippen molar-refractivity contribution < 1.29 is 42.1 Å². The maximum Gasteiger partial charge on any atom is 0.416 e. The lowest BCUT2D eigenvalue weighted by Crippen LogP contribution is -2.38. The van der Waals surface area contributed by atoms with E-state index in [-0.39, 0.29) is 24.4 Å². The van der Waals surface area contributed by atoms with Crippen LogP contribution in [0.4, 0.5) is 18.0 Å². The molecule has 0 heterocycles. The highest BCUT2D eigenvalue weighted by molar-refractivity contribution is 5.73. The zero-order valence-corrected chi connectivity index (χ0v) is 15.6. The molecule has 0 aliphatic rings. The third-order valence-corrected chi connectivity index (χ3v) is 3.63. The van der Waals surface area contributed by atoms with Crippen molar-refractivity contribution in [3.63, 3.8) is 0 Å². The number of carboxylic acids is 1. The monoisotopic (exact) mass is 405 g/mol. The molecule has 0 fully saturated rings. The van der Waals surface area contributed by atoms with E-state index in [1.54, 1.807) is 13.8 Å². The smallest absolute Gasteiger partial charge is 0.416 e. The van der Waals surface area contributed by atoms with E-state index in [0.717, 1.165) is 19.1 Å². The van der Waals surface area contributed by atoms with Crippen LogP contribution in [0.1, 0.15) is 31.9 Å². The zero-order chi connectivity index (χ0) is 21.5. The summed E-state index contributed by atoms with van der Waals surface area (Å²) in [4.78, 5) is 34.2. The van der Waals surface area contributed by atoms with Crippen molar-refractivity contribution >= 4 is 18.0 Å². The van der Waals surface area contributed by atoms with Gasteiger partial charge in [-0.15, -0.1) is 0 Å². The van der Waals surface area contributed by atoms with Crippen molar-refractivity contribution in [2.75, 3.05) is 6.54 Å². The van der Waals surface area contributed by atoms with Gasteiger partial charge in [-0.3, -0.25) is 9.59 Å².